The quantitative estimate of drug-likeness (QED) is 0.510. The molecule has 0 N–H and O–H groups in total. The Hall–Kier alpha value is -2.62. The van der Waals surface area contributed by atoms with Crippen molar-refractivity contribution in [3.8, 4) is 0 Å². The van der Waals surface area contributed by atoms with Gasteiger partial charge >= 0.3 is 5.97 Å². The summed E-state index contributed by atoms with van der Waals surface area (Å²) < 4.78 is 4.79. The molecule has 0 aromatic heterocycles. The molecule has 4 nitrogen and oxygen atoms in total. The van der Waals surface area contributed by atoms with Crippen molar-refractivity contribution in [2.24, 2.45) is 4.99 Å². The van der Waals surface area contributed by atoms with Crippen LogP contribution in [0.4, 0.5) is 11.4 Å². The number of nitrogens with zero attached hydrogens (tertiary/aromatic N) is 2. The van der Waals surface area contributed by atoms with E-state index in [0.29, 0.717) is 11.5 Å². The summed E-state index contributed by atoms with van der Waals surface area (Å²) in [5.41, 5.74) is 6.46. The van der Waals surface area contributed by atoms with E-state index in [4.69, 9.17) is 4.74 Å². The fourth-order valence-electron chi connectivity index (χ4n) is 4.36. The van der Waals surface area contributed by atoms with Crippen molar-refractivity contribution in [3.05, 3.63) is 58.7 Å². The Morgan fingerprint density at radius 3 is 2.75 bits per heavy atom. The second-order valence-electron chi connectivity index (χ2n) is 8.23. The molecule has 1 atom stereocenters. The number of fused-ring (bicyclic) bond motifs is 1. The van der Waals surface area contributed by atoms with Crippen LogP contribution in [0.25, 0.3) is 0 Å². The minimum Gasteiger partial charge on any atom is -0.465 e. The average molecular weight is 379 g/mol. The normalized spacial score (nSPS) is 18.2. The van der Waals surface area contributed by atoms with Crippen LogP contribution in [0.3, 0.4) is 0 Å². The number of ether oxygens (including phenoxy) is 1. The molecule has 2 aromatic carbocycles. The number of benzene rings is 2. The lowest BCUT2D eigenvalue weighted by Crippen LogP contribution is -2.48. The summed E-state index contributed by atoms with van der Waals surface area (Å²) >= 11 is 0. The number of rotatable bonds is 4. The van der Waals surface area contributed by atoms with Gasteiger partial charge in [0.2, 0.25) is 0 Å². The molecule has 28 heavy (non-hydrogen) atoms. The van der Waals surface area contributed by atoms with Crippen LogP contribution >= 0.6 is 0 Å². The molecule has 2 aromatic rings. The third-order valence-electron chi connectivity index (χ3n) is 5.71. The number of methoxy groups -OCH3 is 1. The molecule has 0 amide bonds. The van der Waals surface area contributed by atoms with E-state index in [1.54, 1.807) is 12.1 Å². The summed E-state index contributed by atoms with van der Waals surface area (Å²) in [6.07, 6.45) is 3.03. The summed E-state index contributed by atoms with van der Waals surface area (Å²) in [5.74, 6) is 0.154. The van der Waals surface area contributed by atoms with E-state index in [1.807, 2.05) is 18.3 Å². The monoisotopic (exact) mass is 378 g/mol. The predicted octanol–water partition coefficient (Wildman–Crippen LogP) is 5.64. The molecular weight excluding hydrogens is 348 g/mol. The first-order valence-electron chi connectivity index (χ1n) is 9.91. The van der Waals surface area contributed by atoms with E-state index in [1.165, 1.54) is 23.9 Å². The number of hydrogen-bond acceptors (Lipinski definition) is 4. The molecule has 0 saturated heterocycles. The van der Waals surface area contributed by atoms with Gasteiger partial charge in [-0.05, 0) is 87.1 Å². The highest BCUT2D eigenvalue weighted by Gasteiger charge is 2.35. The largest absolute Gasteiger partial charge is 0.465 e. The first kappa shape index (κ1) is 20.1. The summed E-state index contributed by atoms with van der Waals surface area (Å²) in [4.78, 5) is 18.8. The molecule has 1 heterocycles. The van der Waals surface area contributed by atoms with Gasteiger partial charge in [0.05, 0.1) is 18.4 Å². The van der Waals surface area contributed by atoms with Crippen LogP contribution in [0, 0.1) is 6.92 Å². The van der Waals surface area contributed by atoms with Gasteiger partial charge in [-0.2, -0.15) is 0 Å². The highest BCUT2D eigenvalue weighted by molar-refractivity contribution is 5.91. The van der Waals surface area contributed by atoms with E-state index in [-0.39, 0.29) is 11.5 Å². The van der Waals surface area contributed by atoms with Gasteiger partial charge in [-0.15, -0.1) is 0 Å². The maximum Gasteiger partial charge on any atom is 0.337 e. The Labute approximate surface area is 168 Å². The Morgan fingerprint density at radius 1 is 1.32 bits per heavy atom. The third kappa shape index (κ3) is 3.82. The number of anilines is 1. The van der Waals surface area contributed by atoms with Gasteiger partial charge in [0.1, 0.15) is 0 Å². The highest BCUT2D eigenvalue weighted by Crippen LogP contribution is 2.44. The Kier molecular flexibility index (Phi) is 5.59. The summed E-state index contributed by atoms with van der Waals surface area (Å²) in [6.45, 7) is 12.3. The number of carbonyl (C=O) groups is 1. The zero-order valence-electron chi connectivity index (χ0n) is 17.7. The van der Waals surface area contributed by atoms with Crippen molar-refractivity contribution in [2.75, 3.05) is 18.6 Å². The average Bonchev–Trinajstić information content (AvgIpc) is 2.66. The number of hydrogen-bond donors (Lipinski definition) is 0. The fraction of sp³-hybridized carbons (Fsp3) is 0.417. The van der Waals surface area contributed by atoms with Crippen molar-refractivity contribution < 1.29 is 9.53 Å². The van der Waals surface area contributed by atoms with Gasteiger partial charge in [0.25, 0.3) is 0 Å². The SMILES string of the molecule is CCN1c2cc(C)c(C=Nc3cccc(C(=O)OC)c3)cc2C(C)CC1(C)C. The standard InChI is InChI=1S/C24H30N2O2/c1-7-26-22-11-16(2)19(13-21(22)17(3)14-24(26,4)5)15-25-20-10-8-9-18(12-20)23(27)28-6/h8-13,15,17H,7,14H2,1-6H3. The predicted molar refractivity (Wildman–Crippen MR) is 116 cm³/mol. The Morgan fingerprint density at radius 2 is 2.07 bits per heavy atom. The van der Waals surface area contributed by atoms with Crippen LogP contribution in [0.1, 0.15) is 67.1 Å². The molecule has 0 fully saturated rings. The molecule has 4 heteroatoms. The van der Waals surface area contributed by atoms with Crippen LogP contribution in [0.15, 0.2) is 41.4 Å². The van der Waals surface area contributed by atoms with Crippen molar-refractivity contribution >= 4 is 23.6 Å². The van der Waals surface area contributed by atoms with Crippen molar-refractivity contribution in [3.63, 3.8) is 0 Å². The lowest BCUT2D eigenvalue weighted by Gasteiger charge is -2.47. The van der Waals surface area contributed by atoms with E-state index < -0.39 is 0 Å². The van der Waals surface area contributed by atoms with Gasteiger partial charge < -0.3 is 9.64 Å². The first-order valence-corrected chi connectivity index (χ1v) is 9.91. The van der Waals surface area contributed by atoms with Gasteiger partial charge in [0.15, 0.2) is 0 Å². The van der Waals surface area contributed by atoms with Gasteiger partial charge in [-0.3, -0.25) is 4.99 Å². The molecule has 0 bridgehead atoms. The van der Waals surface area contributed by atoms with Crippen molar-refractivity contribution in [2.45, 2.75) is 52.5 Å². The van der Waals surface area contributed by atoms with Crippen molar-refractivity contribution in [1.82, 2.24) is 0 Å². The van der Waals surface area contributed by atoms with Gasteiger partial charge in [-0.1, -0.05) is 13.0 Å². The second-order valence-corrected chi connectivity index (χ2v) is 8.23. The molecule has 0 saturated carbocycles. The maximum absolute atomic E-state index is 11.7. The summed E-state index contributed by atoms with van der Waals surface area (Å²) in [5, 5.41) is 0. The molecular formula is C24H30N2O2. The molecule has 148 valence electrons. The highest BCUT2D eigenvalue weighted by atomic mass is 16.5. The molecule has 3 rings (SSSR count). The molecule has 0 radical (unpaired) electrons. The molecule has 0 spiro atoms. The molecule has 1 aliphatic heterocycles. The molecule has 1 unspecified atom stereocenters. The summed E-state index contributed by atoms with van der Waals surface area (Å²) in [7, 11) is 1.39. The number of aliphatic imine (C=N–C) groups is 1. The van der Waals surface area contributed by atoms with Crippen LogP contribution in [-0.2, 0) is 4.74 Å². The van der Waals surface area contributed by atoms with E-state index in [2.05, 4.69) is 56.6 Å². The minimum absolute atomic E-state index is 0.164. The Balaban J connectivity index is 1.96. The molecule has 1 aliphatic rings. The van der Waals surface area contributed by atoms with Gasteiger partial charge in [0, 0.05) is 24.0 Å². The lowest BCUT2D eigenvalue weighted by molar-refractivity contribution is 0.0601. The lowest BCUT2D eigenvalue weighted by atomic mass is 9.79. The molecule has 0 aliphatic carbocycles. The second kappa shape index (κ2) is 7.78. The van der Waals surface area contributed by atoms with E-state index in [0.717, 1.165) is 24.2 Å². The zero-order valence-corrected chi connectivity index (χ0v) is 17.7. The number of carbonyl (C=O) groups excluding carboxylic acids is 1. The van der Waals surface area contributed by atoms with Crippen LogP contribution in [0.5, 0.6) is 0 Å². The van der Waals surface area contributed by atoms with E-state index >= 15 is 0 Å². The minimum atomic E-state index is -0.349. The maximum atomic E-state index is 11.7. The first-order chi connectivity index (χ1) is 13.3. The zero-order chi connectivity index (χ0) is 20.5. The Bertz CT molecular complexity index is 915. The van der Waals surface area contributed by atoms with E-state index in [9.17, 15) is 4.79 Å². The fourth-order valence-corrected chi connectivity index (χ4v) is 4.36. The van der Waals surface area contributed by atoms with Crippen LogP contribution in [0.2, 0.25) is 0 Å². The number of aryl methyl sites for hydroxylation is 1. The van der Waals surface area contributed by atoms with Crippen LogP contribution in [-0.4, -0.2) is 31.4 Å². The van der Waals surface area contributed by atoms with Gasteiger partial charge in [-0.25, -0.2) is 4.79 Å². The number of esters is 1. The van der Waals surface area contributed by atoms with Crippen LogP contribution < -0.4 is 4.90 Å². The summed E-state index contributed by atoms with van der Waals surface area (Å²) in [6, 6.07) is 11.8. The third-order valence-corrected chi connectivity index (χ3v) is 5.71. The van der Waals surface area contributed by atoms with Crippen molar-refractivity contribution in [1.29, 1.82) is 0 Å². The smallest absolute Gasteiger partial charge is 0.337 e. The topological polar surface area (TPSA) is 41.9 Å².